The van der Waals surface area contributed by atoms with Crippen molar-refractivity contribution in [2.24, 2.45) is 23.3 Å². The van der Waals surface area contributed by atoms with Gasteiger partial charge in [0.1, 0.15) is 5.83 Å². The topological polar surface area (TPSA) is 52.0 Å². The Morgan fingerprint density at radius 3 is 2.52 bits per heavy atom. The summed E-state index contributed by atoms with van der Waals surface area (Å²) < 4.78 is 13.6. The zero-order valence-corrected chi connectivity index (χ0v) is 15.3. The maximum atomic E-state index is 13.6. The lowest BCUT2D eigenvalue weighted by Crippen LogP contribution is -2.26. The first-order chi connectivity index (χ1) is 12.0. The van der Waals surface area contributed by atoms with Crippen LogP contribution in [0.3, 0.4) is 0 Å². The Hall–Kier alpha value is -2.29. The van der Waals surface area contributed by atoms with E-state index in [9.17, 15) is 4.39 Å². The van der Waals surface area contributed by atoms with Gasteiger partial charge >= 0.3 is 0 Å². The van der Waals surface area contributed by atoms with E-state index in [1.165, 1.54) is 23.4 Å². The van der Waals surface area contributed by atoms with Crippen LogP contribution in [0.5, 0.6) is 0 Å². The van der Waals surface area contributed by atoms with Crippen LogP contribution in [0.25, 0.3) is 17.8 Å². The summed E-state index contributed by atoms with van der Waals surface area (Å²) in [6, 6.07) is 6.28. The molecule has 1 saturated carbocycles. The number of rotatable bonds is 3. The summed E-state index contributed by atoms with van der Waals surface area (Å²) in [6.07, 6.45) is 10.6. The summed E-state index contributed by atoms with van der Waals surface area (Å²) in [5.74, 6) is 1.67. The molecule has 2 unspecified atom stereocenters. The van der Waals surface area contributed by atoms with E-state index in [-0.39, 0.29) is 5.83 Å². The van der Waals surface area contributed by atoms with E-state index in [1.54, 1.807) is 12.3 Å². The molecule has 0 aliphatic heterocycles. The van der Waals surface area contributed by atoms with Crippen molar-refractivity contribution in [3.8, 4) is 0 Å². The van der Waals surface area contributed by atoms with Gasteiger partial charge in [-0.2, -0.15) is 0 Å². The highest BCUT2D eigenvalue weighted by atomic mass is 19.1. The van der Waals surface area contributed by atoms with E-state index < -0.39 is 0 Å². The van der Waals surface area contributed by atoms with Gasteiger partial charge in [-0.05, 0) is 77.9 Å². The molecule has 2 nitrogen and oxygen atoms in total. The average Bonchev–Trinajstić information content (AvgIpc) is 3.31. The van der Waals surface area contributed by atoms with Gasteiger partial charge in [-0.15, -0.1) is 0 Å². The lowest BCUT2D eigenvalue weighted by atomic mass is 9.92. The van der Waals surface area contributed by atoms with Crippen LogP contribution in [0.1, 0.15) is 45.1 Å². The van der Waals surface area contributed by atoms with E-state index in [4.69, 9.17) is 5.73 Å². The summed E-state index contributed by atoms with van der Waals surface area (Å²) in [7, 11) is 0. The van der Waals surface area contributed by atoms with Crippen molar-refractivity contribution in [3.05, 3.63) is 64.5 Å². The van der Waals surface area contributed by atoms with E-state index >= 15 is 0 Å². The third-order valence-corrected chi connectivity index (χ3v) is 4.99. The molecule has 2 aliphatic carbocycles. The Bertz CT molecular complexity index is 802. The molecule has 0 saturated heterocycles. The summed E-state index contributed by atoms with van der Waals surface area (Å²) in [4.78, 5) is 0. The van der Waals surface area contributed by atoms with Gasteiger partial charge in [0.2, 0.25) is 0 Å². The second-order valence-corrected chi connectivity index (χ2v) is 6.94. The predicted octanol–water partition coefficient (Wildman–Crippen LogP) is 3.72. The molecule has 1 fully saturated rings. The fourth-order valence-corrected chi connectivity index (χ4v) is 3.20. The van der Waals surface area contributed by atoms with Gasteiger partial charge in [-0.1, -0.05) is 37.3 Å². The van der Waals surface area contributed by atoms with Gasteiger partial charge in [0.25, 0.3) is 0 Å². The first-order valence-corrected chi connectivity index (χ1v) is 8.91. The maximum Gasteiger partial charge on any atom is 0.101 e. The van der Waals surface area contributed by atoms with Crippen LogP contribution in [0, 0.1) is 11.8 Å². The highest BCUT2D eigenvalue weighted by Gasteiger charge is 2.30. The minimum absolute atomic E-state index is 0.0303. The molecule has 0 amide bonds. The normalized spacial score (nSPS) is 23.7. The molecule has 0 radical (unpaired) electrons. The van der Waals surface area contributed by atoms with Crippen molar-refractivity contribution in [1.29, 1.82) is 0 Å². The lowest BCUT2D eigenvalue weighted by molar-refractivity contribution is 0.583. The number of benzene rings is 1. The zero-order valence-electron chi connectivity index (χ0n) is 15.3. The molecule has 3 heteroatoms. The predicted molar refractivity (Wildman–Crippen MR) is 106 cm³/mol. The molecule has 134 valence electrons. The fourth-order valence-electron chi connectivity index (χ4n) is 3.20. The van der Waals surface area contributed by atoms with E-state index in [0.717, 1.165) is 41.0 Å². The van der Waals surface area contributed by atoms with Crippen LogP contribution < -0.4 is 21.9 Å². The van der Waals surface area contributed by atoms with Crippen LogP contribution in [-0.4, -0.2) is 0 Å². The van der Waals surface area contributed by atoms with Crippen molar-refractivity contribution in [2.45, 2.75) is 39.5 Å². The molecule has 1 aromatic rings. The molecule has 1 aromatic carbocycles. The average molecular weight is 340 g/mol. The Morgan fingerprint density at radius 1 is 1.24 bits per heavy atom. The molecular formula is C22H29FN2. The quantitative estimate of drug-likeness (QED) is 0.881. The highest BCUT2D eigenvalue weighted by molar-refractivity contribution is 5.78. The van der Waals surface area contributed by atoms with Crippen molar-refractivity contribution >= 4 is 17.8 Å². The third kappa shape index (κ3) is 5.09. The van der Waals surface area contributed by atoms with E-state index in [0.29, 0.717) is 6.42 Å². The number of hydrogen-bond donors (Lipinski definition) is 2. The molecule has 0 spiro atoms. The Labute approximate surface area is 150 Å². The van der Waals surface area contributed by atoms with Crippen molar-refractivity contribution in [1.82, 2.24) is 0 Å². The Morgan fingerprint density at radius 2 is 1.92 bits per heavy atom. The standard InChI is InChI=1S/C20H24FN.C2H5N/c1-13-3-8-19(21)11-20(13)17-7-5-15(18(10-17)12-22)4-6-16-9-14(16)2;1-2-3/h4-5,7,10-12,14,16H,3,6,8-9,22H2,1-2H3;2H,1,3H2/b15-4-,18-12-;. The summed E-state index contributed by atoms with van der Waals surface area (Å²) in [6.45, 7) is 7.52. The molecular weight excluding hydrogens is 311 g/mol. The smallest absolute Gasteiger partial charge is 0.101 e. The summed E-state index contributed by atoms with van der Waals surface area (Å²) in [5, 5.41) is 2.22. The van der Waals surface area contributed by atoms with E-state index in [2.05, 4.69) is 50.4 Å². The van der Waals surface area contributed by atoms with Gasteiger partial charge in [0.15, 0.2) is 0 Å². The van der Waals surface area contributed by atoms with Crippen LogP contribution >= 0.6 is 0 Å². The van der Waals surface area contributed by atoms with E-state index in [1.807, 2.05) is 0 Å². The summed E-state index contributed by atoms with van der Waals surface area (Å²) in [5.41, 5.74) is 13.7. The Balaban J connectivity index is 0.000000701. The maximum absolute atomic E-state index is 13.6. The first kappa shape index (κ1) is 19.0. The number of nitrogens with two attached hydrogens (primary N) is 2. The largest absolute Gasteiger partial charge is 0.405 e. The SMILES string of the molecule is C=CN.CC1=C(c2ccc(=C/CC3CC3C)/c(=C\N)c2)C=C(F)CC1. The highest BCUT2D eigenvalue weighted by Crippen LogP contribution is 2.40. The molecule has 4 N–H and O–H groups in total. The van der Waals surface area contributed by atoms with Gasteiger partial charge in [0.05, 0.1) is 0 Å². The van der Waals surface area contributed by atoms with Gasteiger partial charge in [-0.25, -0.2) is 4.39 Å². The molecule has 2 aliphatic rings. The molecule has 2 atom stereocenters. The third-order valence-electron chi connectivity index (χ3n) is 4.99. The lowest BCUT2D eigenvalue weighted by Gasteiger charge is -2.14. The molecule has 0 bridgehead atoms. The van der Waals surface area contributed by atoms with Gasteiger partial charge < -0.3 is 11.5 Å². The first-order valence-electron chi connectivity index (χ1n) is 8.91. The minimum Gasteiger partial charge on any atom is -0.405 e. The van der Waals surface area contributed by atoms with Gasteiger partial charge in [0, 0.05) is 12.6 Å². The molecule has 0 heterocycles. The number of halogens is 1. The van der Waals surface area contributed by atoms with Crippen molar-refractivity contribution in [3.63, 3.8) is 0 Å². The Kier molecular flexibility index (Phi) is 6.63. The number of hydrogen-bond acceptors (Lipinski definition) is 2. The zero-order chi connectivity index (χ0) is 18.4. The summed E-state index contributed by atoms with van der Waals surface area (Å²) >= 11 is 0. The van der Waals surface area contributed by atoms with Crippen LogP contribution in [0.15, 0.2) is 48.5 Å². The number of allylic oxidation sites excluding steroid dienone is 4. The van der Waals surface area contributed by atoms with Crippen LogP contribution in [0.4, 0.5) is 4.39 Å². The molecule has 25 heavy (non-hydrogen) atoms. The van der Waals surface area contributed by atoms with Crippen LogP contribution in [0.2, 0.25) is 0 Å². The van der Waals surface area contributed by atoms with Crippen molar-refractivity contribution < 1.29 is 4.39 Å². The van der Waals surface area contributed by atoms with Gasteiger partial charge in [-0.3, -0.25) is 0 Å². The molecule has 0 aromatic heterocycles. The van der Waals surface area contributed by atoms with Crippen LogP contribution in [-0.2, 0) is 0 Å². The second-order valence-electron chi connectivity index (χ2n) is 6.94. The minimum atomic E-state index is -0.0303. The molecule has 3 rings (SSSR count). The van der Waals surface area contributed by atoms with Crippen molar-refractivity contribution in [2.75, 3.05) is 0 Å². The fraction of sp³-hybridized carbons (Fsp3) is 0.364. The monoisotopic (exact) mass is 340 g/mol. The second kappa shape index (κ2) is 8.70.